The maximum atomic E-state index is 12.3. The fourth-order valence-corrected chi connectivity index (χ4v) is 2.82. The molecule has 1 aromatic rings. The molecule has 2 rings (SSSR count). The van der Waals surface area contributed by atoms with Gasteiger partial charge in [-0.15, -0.1) is 0 Å². The maximum absolute atomic E-state index is 12.3. The van der Waals surface area contributed by atoms with Crippen molar-refractivity contribution in [2.75, 3.05) is 0 Å². The molecule has 2 N–H and O–H groups in total. The van der Waals surface area contributed by atoms with Crippen molar-refractivity contribution in [1.29, 1.82) is 0 Å². The van der Waals surface area contributed by atoms with Crippen LogP contribution in [-0.2, 0) is 11.3 Å². The van der Waals surface area contributed by atoms with Gasteiger partial charge in [0.25, 0.3) is 5.91 Å². The van der Waals surface area contributed by atoms with Gasteiger partial charge in [0.15, 0.2) is 0 Å². The minimum Gasteiger partial charge on any atom is -0.481 e. The van der Waals surface area contributed by atoms with Crippen molar-refractivity contribution >= 4 is 27.8 Å². The van der Waals surface area contributed by atoms with Crippen LogP contribution in [0.4, 0.5) is 0 Å². The van der Waals surface area contributed by atoms with Gasteiger partial charge in [0.2, 0.25) is 0 Å². The van der Waals surface area contributed by atoms with E-state index < -0.39 is 5.97 Å². The predicted octanol–water partition coefficient (Wildman–Crippen LogP) is 2.64. The summed E-state index contributed by atoms with van der Waals surface area (Å²) in [6.07, 6.45) is 4.80. The molecule has 110 valence electrons. The Kier molecular flexibility index (Phi) is 4.86. The second kappa shape index (κ2) is 6.43. The first kappa shape index (κ1) is 15.1. The first-order chi connectivity index (χ1) is 9.51. The highest BCUT2D eigenvalue weighted by molar-refractivity contribution is 9.10. The Balaban J connectivity index is 2.07. The summed E-state index contributed by atoms with van der Waals surface area (Å²) >= 11 is 3.37. The molecule has 1 unspecified atom stereocenters. The minimum absolute atomic E-state index is 0.00787. The zero-order valence-corrected chi connectivity index (χ0v) is 13.0. The molecule has 0 aromatic carbocycles. The third-order valence-electron chi connectivity index (χ3n) is 3.46. The quantitative estimate of drug-likeness (QED) is 0.800. The van der Waals surface area contributed by atoms with Crippen LogP contribution in [0, 0.1) is 5.92 Å². The number of nitrogens with one attached hydrogen (secondary N) is 1. The molecular weight excluding hydrogens is 324 g/mol. The molecule has 1 saturated carbocycles. The molecular formula is C14H19BrN2O3. The Morgan fingerprint density at radius 3 is 2.80 bits per heavy atom. The Morgan fingerprint density at radius 1 is 1.55 bits per heavy atom. The van der Waals surface area contributed by atoms with Crippen LogP contribution in [0.25, 0.3) is 0 Å². The summed E-state index contributed by atoms with van der Waals surface area (Å²) in [5.41, 5.74) is 0.578. The molecule has 1 fully saturated rings. The van der Waals surface area contributed by atoms with Gasteiger partial charge in [-0.25, -0.2) is 0 Å². The van der Waals surface area contributed by atoms with Crippen molar-refractivity contribution in [3.8, 4) is 0 Å². The lowest BCUT2D eigenvalue weighted by Gasteiger charge is -2.17. The van der Waals surface area contributed by atoms with Gasteiger partial charge in [0, 0.05) is 23.3 Å². The lowest BCUT2D eigenvalue weighted by molar-refractivity contribution is -0.137. The van der Waals surface area contributed by atoms with Crippen LogP contribution in [0.5, 0.6) is 0 Å². The van der Waals surface area contributed by atoms with E-state index in [1.807, 2.05) is 17.7 Å². The number of amides is 1. The summed E-state index contributed by atoms with van der Waals surface area (Å²) in [5.74, 6) is -0.748. The summed E-state index contributed by atoms with van der Waals surface area (Å²) in [5, 5.41) is 11.8. The third kappa shape index (κ3) is 3.85. The third-order valence-corrected chi connectivity index (χ3v) is 3.90. The summed E-state index contributed by atoms with van der Waals surface area (Å²) in [6, 6.07) is 1.51. The number of rotatable bonds is 7. The van der Waals surface area contributed by atoms with Gasteiger partial charge in [0.1, 0.15) is 5.69 Å². The number of aliphatic carboxylic acids is 1. The lowest BCUT2D eigenvalue weighted by atomic mass is 10.1. The highest BCUT2D eigenvalue weighted by Crippen LogP contribution is 2.34. The molecule has 0 radical (unpaired) electrons. The smallest absolute Gasteiger partial charge is 0.305 e. The number of hydrogen-bond donors (Lipinski definition) is 2. The molecule has 0 saturated heterocycles. The van der Waals surface area contributed by atoms with Gasteiger partial charge >= 0.3 is 5.97 Å². The average molecular weight is 343 g/mol. The normalized spacial score (nSPS) is 15.9. The van der Waals surface area contributed by atoms with Crippen LogP contribution >= 0.6 is 15.9 Å². The van der Waals surface area contributed by atoms with E-state index in [0.717, 1.165) is 30.3 Å². The molecule has 20 heavy (non-hydrogen) atoms. The van der Waals surface area contributed by atoms with Crippen LogP contribution in [0.2, 0.25) is 0 Å². The summed E-state index contributed by atoms with van der Waals surface area (Å²) in [6.45, 7) is 2.81. The number of carbonyl (C=O) groups excluding carboxylic acids is 1. The number of nitrogens with zero attached hydrogens (tertiary/aromatic N) is 1. The molecule has 1 aliphatic rings. The van der Waals surface area contributed by atoms with Gasteiger partial charge < -0.3 is 15.0 Å². The van der Waals surface area contributed by atoms with Crippen molar-refractivity contribution in [2.45, 2.75) is 45.2 Å². The number of aromatic nitrogens is 1. The van der Waals surface area contributed by atoms with E-state index in [-0.39, 0.29) is 18.4 Å². The summed E-state index contributed by atoms with van der Waals surface area (Å²) < 4.78 is 2.75. The molecule has 1 heterocycles. The van der Waals surface area contributed by atoms with E-state index in [9.17, 15) is 9.59 Å². The maximum Gasteiger partial charge on any atom is 0.305 e. The highest BCUT2D eigenvalue weighted by atomic mass is 79.9. The molecule has 1 amide bonds. The van der Waals surface area contributed by atoms with Crippen molar-refractivity contribution in [3.05, 3.63) is 22.4 Å². The van der Waals surface area contributed by atoms with Crippen molar-refractivity contribution in [1.82, 2.24) is 9.88 Å². The molecule has 1 aromatic heterocycles. The number of carbonyl (C=O) groups is 2. The first-order valence-corrected chi connectivity index (χ1v) is 7.69. The van der Waals surface area contributed by atoms with Crippen LogP contribution in [0.1, 0.15) is 43.1 Å². The summed E-state index contributed by atoms with van der Waals surface area (Å²) in [7, 11) is 0. The Bertz CT molecular complexity index is 509. The molecule has 0 bridgehead atoms. The SMILES string of the molecule is CCCn1cc(Br)cc1C(=O)NC(CC(=O)O)C1CC1. The molecule has 0 aliphatic heterocycles. The Morgan fingerprint density at radius 2 is 2.25 bits per heavy atom. The van der Waals surface area contributed by atoms with E-state index in [4.69, 9.17) is 5.11 Å². The first-order valence-electron chi connectivity index (χ1n) is 6.89. The molecule has 6 heteroatoms. The van der Waals surface area contributed by atoms with E-state index in [2.05, 4.69) is 21.2 Å². The predicted molar refractivity (Wildman–Crippen MR) is 78.7 cm³/mol. The fraction of sp³-hybridized carbons (Fsp3) is 0.571. The van der Waals surface area contributed by atoms with E-state index >= 15 is 0 Å². The van der Waals surface area contributed by atoms with Crippen molar-refractivity contribution in [2.24, 2.45) is 5.92 Å². The van der Waals surface area contributed by atoms with Crippen LogP contribution < -0.4 is 5.32 Å². The molecule has 1 atom stereocenters. The van der Waals surface area contributed by atoms with E-state index in [1.165, 1.54) is 0 Å². The number of carboxylic acids is 1. The average Bonchev–Trinajstić information content (AvgIpc) is 3.13. The van der Waals surface area contributed by atoms with Crippen LogP contribution in [0.15, 0.2) is 16.7 Å². The van der Waals surface area contributed by atoms with Gasteiger partial charge in [0.05, 0.1) is 6.42 Å². The highest BCUT2D eigenvalue weighted by Gasteiger charge is 2.34. The molecule has 1 aliphatic carbocycles. The zero-order valence-electron chi connectivity index (χ0n) is 11.4. The fourth-order valence-electron chi connectivity index (χ4n) is 2.36. The number of carboxylic acid groups (broad SMARTS) is 1. The Hall–Kier alpha value is -1.30. The van der Waals surface area contributed by atoms with Crippen molar-refractivity contribution < 1.29 is 14.7 Å². The van der Waals surface area contributed by atoms with E-state index in [0.29, 0.717) is 11.6 Å². The molecule has 0 spiro atoms. The Labute approximate surface area is 126 Å². The van der Waals surface area contributed by atoms with Crippen LogP contribution in [-0.4, -0.2) is 27.6 Å². The van der Waals surface area contributed by atoms with E-state index in [1.54, 1.807) is 6.07 Å². The number of hydrogen-bond acceptors (Lipinski definition) is 2. The standard InChI is InChI=1S/C14H19BrN2O3/c1-2-5-17-8-10(15)6-12(17)14(20)16-11(7-13(18)19)9-3-4-9/h6,8-9,11H,2-5,7H2,1H3,(H,16,20)(H,18,19). The zero-order chi connectivity index (χ0) is 14.7. The number of aryl methyl sites for hydroxylation is 1. The van der Waals surface area contributed by atoms with Gasteiger partial charge in [-0.1, -0.05) is 6.92 Å². The topological polar surface area (TPSA) is 71.3 Å². The van der Waals surface area contributed by atoms with Gasteiger partial charge in [-0.3, -0.25) is 9.59 Å². The van der Waals surface area contributed by atoms with Gasteiger partial charge in [-0.2, -0.15) is 0 Å². The minimum atomic E-state index is -0.868. The lowest BCUT2D eigenvalue weighted by Crippen LogP contribution is -2.39. The summed E-state index contributed by atoms with van der Waals surface area (Å²) in [4.78, 5) is 23.2. The van der Waals surface area contributed by atoms with Gasteiger partial charge in [-0.05, 0) is 47.2 Å². The monoisotopic (exact) mass is 342 g/mol. The van der Waals surface area contributed by atoms with Crippen molar-refractivity contribution in [3.63, 3.8) is 0 Å². The second-order valence-corrected chi connectivity index (χ2v) is 6.17. The number of halogens is 1. The second-order valence-electron chi connectivity index (χ2n) is 5.25. The largest absolute Gasteiger partial charge is 0.481 e. The van der Waals surface area contributed by atoms with Crippen LogP contribution in [0.3, 0.4) is 0 Å². The molecule has 5 nitrogen and oxygen atoms in total.